The van der Waals surface area contributed by atoms with Crippen LogP contribution in [0.25, 0.3) is 0 Å². The van der Waals surface area contributed by atoms with Gasteiger partial charge >= 0.3 is 0 Å². The normalized spacial score (nSPS) is 14.5. The lowest BCUT2D eigenvalue weighted by atomic mass is 10.1. The number of azo groups is 1. The minimum absolute atomic E-state index is 0.0400. The molecule has 0 bridgehead atoms. The molecule has 0 atom stereocenters. The van der Waals surface area contributed by atoms with E-state index in [0.717, 1.165) is 0 Å². The van der Waals surface area contributed by atoms with Gasteiger partial charge in [-0.05, 0) is 12.1 Å². The highest BCUT2D eigenvalue weighted by molar-refractivity contribution is 9.10. The van der Waals surface area contributed by atoms with Crippen LogP contribution in [0.3, 0.4) is 0 Å². The van der Waals surface area contributed by atoms with Gasteiger partial charge in [0.1, 0.15) is 18.0 Å². The Labute approximate surface area is 81.8 Å². The predicted octanol–water partition coefficient (Wildman–Crippen LogP) is 2.87. The minimum atomic E-state index is -0.548. The van der Waals surface area contributed by atoms with Crippen LogP contribution in [0, 0.1) is 5.82 Å². The predicted molar refractivity (Wildman–Crippen MR) is 47.8 cm³/mol. The van der Waals surface area contributed by atoms with E-state index in [1.165, 1.54) is 6.07 Å². The highest BCUT2D eigenvalue weighted by Gasteiger charge is 2.20. The molecule has 0 fully saturated rings. The molecule has 0 N–H and O–H groups in total. The summed E-state index contributed by atoms with van der Waals surface area (Å²) >= 11 is 3.11. The van der Waals surface area contributed by atoms with Gasteiger partial charge in [-0.3, -0.25) is 4.79 Å². The van der Waals surface area contributed by atoms with Gasteiger partial charge in [0, 0.05) is 4.47 Å². The molecule has 0 saturated heterocycles. The van der Waals surface area contributed by atoms with Gasteiger partial charge in [-0.1, -0.05) is 15.9 Å². The Kier molecular flexibility index (Phi) is 1.95. The van der Waals surface area contributed by atoms with Crippen LogP contribution < -0.4 is 0 Å². The van der Waals surface area contributed by atoms with E-state index >= 15 is 0 Å². The van der Waals surface area contributed by atoms with Crippen LogP contribution in [0.15, 0.2) is 26.8 Å². The molecule has 2 rings (SSSR count). The number of halogens is 2. The van der Waals surface area contributed by atoms with Crippen molar-refractivity contribution in [2.45, 2.75) is 0 Å². The quantitative estimate of drug-likeness (QED) is 0.690. The molecule has 1 aliphatic heterocycles. The minimum Gasteiger partial charge on any atom is -0.292 e. The maximum Gasteiger partial charge on any atom is 0.191 e. The molecule has 0 spiro atoms. The zero-order valence-corrected chi connectivity index (χ0v) is 8.01. The Balaban J connectivity index is 2.71. The summed E-state index contributed by atoms with van der Waals surface area (Å²) in [5, 5.41) is 7.27. The van der Waals surface area contributed by atoms with Crippen molar-refractivity contribution in [3.8, 4) is 0 Å². The second-order valence-electron chi connectivity index (χ2n) is 2.60. The largest absolute Gasteiger partial charge is 0.292 e. The van der Waals surface area contributed by atoms with Crippen molar-refractivity contribution in [3.63, 3.8) is 0 Å². The smallest absolute Gasteiger partial charge is 0.191 e. The summed E-state index contributed by atoms with van der Waals surface area (Å²) in [7, 11) is 0. The summed E-state index contributed by atoms with van der Waals surface area (Å²) in [6.45, 7) is -0.0639. The first kappa shape index (κ1) is 8.50. The Morgan fingerprint density at radius 2 is 2.23 bits per heavy atom. The van der Waals surface area contributed by atoms with E-state index in [1.807, 2.05) is 0 Å². The SMILES string of the molecule is O=C1CN=Nc2cc(Br)cc(F)c21. The maximum atomic E-state index is 13.2. The molecule has 13 heavy (non-hydrogen) atoms. The van der Waals surface area contributed by atoms with E-state index in [9.17, 15) is 9.18 Å². The molecule has 0 amide bonds. The van der Waals surface area contributed by atoms with Crippen LogP contribution in [0.5, 0.6) is 0 Å². The molecule has 1 aliphatic rings. The molecule has 0 radical (unpaired) electrons. The van der Waals surface area contributed by atoms with Gasteiger partial charge in [-0.25, -0.2) is 4.39 Å². The fourth-order valence-electron chi connectivity index (χ4n) is 1.17. The number of carbonyl (C=O) groups excluding carboxylic acids is 1. The second-order valence-corrected chi connectivity index (χ2v) is 3.52. The molecule has 5 heteroatoms. The van der Waals surface area contributed by atoms with Crippen molar-refractivity contribution < 1.29 is 9.18 Å². The molecular formula is C8H4BrFN2O. The van der Waals surface area contributed by atoms with Crippen LogP contribution in [-0.2, 0) is 0 Å². The summed E-state index contributed by atoms with van der Waals surface area (Å²) in [5.41, 5.74) is 0.335. The average Bonchev–Trinajstić information content (AvgIpc) is 2.02. The van der Waals surface area contributed by atoms with Gasteiger partial charge in [0.15, 0.2) is 5.78 Å². The zero-order chi connectivity index (χ0) is 9.42. The average molecular weight is 243 g/mol. The standard InChI is InChI=1S/C8H4BrFN2O/c9-4-1-5(10)8-6(2-4)12-11-3-7(8)13/h1-2H,3H2. The summed E-state index contributed by atoms with van der Waals surface area (Å²) in [6, 6.07) is 2.82. The highest BCUT2D eigenvalue weighted by atomic mass is 79.9. The number of rotatable bonds is 0. The lowest BCUT2D eigenvalue weighted by molar-refractivity contribution is 0.0994. The molecule has 0 aliphatic carbocycles. The first-order valence-electron chi connectivity index (χ1n) is 3.58. The Bertz CT molecular complexity index is 417. The van der Waals surface area contributed by atoms with E-state index in [-0.39, 0.29) is 17.9 Å². The third-order valence-corrected chi connectivity index (χ3v) is 2.16. The Morgan fingerprint density at radius 1 is 1.46 bits per heavy atom. The lowest BCUT2D eigenvalue weighted by Crippen LogP contribution is -2.09. The number of Topliss-reactive ketones (excluding diaryl/α,β-unsaturated/α-hetero) is 1. The van der Waals surface area contributed by atoms with E-state index in [1.54, 1.807) is 6.07 Å². The first-order valence-corrected chi connectivity index (χ1v) is 4.37. The number of nitrogens with zero attached hydrogens (tertiary/aromatic N) is 2. The van der Waals surface area contributed by atoms with Crippen molar-refractivity contribution in [2.75, 3.05) is 6.54 Å². The van der Waals surface area contributed by atoms with E-state index in [2.05, 4.69) is 26.2 Å². The van der Waals surface area contributed by atoms with E-state index in [4.69, 9.17) is 0 Å². The topological polar surface area (TPSA) is 41.8 Å². The van der Waals surface area contributed by atoms with Gasteiger partial charge in [-0.2, -0.15) is 10.2 Å². The maximum absolute atomic E-state index is 13.2. The second kappa shape index (κ2) is 2.99. The fraction of sp³-hybridized carbons (Fsp3) is 0.125. The summed E-state index contributed by atoms with van der Waals surface area (Å²) in [5.74, 6) is -0.872. The third-order valence-electron chi connectivity index (χ3n) is 1.71. The summed E-state index contributed by atoms with van der Waals surface area (Å²) in [6.07, 6.45) is 0. The van der Waals surface area contributed by atoms with Gasteiger partial charge < -0.3 is 0 Å². The van der Waals surface area contributed by atoms with Gasteiger partial charge in [0.25, 0.3) is 0 Å². The highest BCUT2D eigenvalue weighted by Crippen LogP contribution is 2.30. The number of ketones is 1. The molecule has 0 unspecified atom stereocenters. The first-order chi connectivity index (χ1) is 6.18. The number of benzene rings is 1. The van der Waals surface area contributed by atoms with Crippen molar-refractivity contribution >= 4 is 27.4 Å². The molecule has 1 heterocycles. The van der Waals surface area contributed by atoms with Crippen LogP contribution in [0.2, 0.25) is 0 Å². The molecular weight excluding hydrogens is 239 g/mol. The number of fused-ring (bicyclic) bond motifs is 1. The lowest BCUT2D eigenvalue weighted by Gasteiger charge is -2.08. The zero-order valence-electron chi connectivity index (χ0n) is 6.42. The van der Waals surface area contributed by atoms with Crippen LogP contribution in [0.1, 0.15) is 10.4 Å². The molecule has 1 aromatic carbocycles. The monoisotopic (exact) mass is 242 g/mol. The third kappa shape index (κ3) is 1.39. The summed E-state index contributed by atoms with van der Waals surface area (Å²) < 4.78 is 13.8. The van der Waals surface area contributed by atoms with Crippen molar-refractivity contribution in [2.24, 2.45) is 10.2 Å². The Morgan fingerprint density at radius 3 is 3.00 bits per heavy atom. The van der Waals surface area contributed by atoms with E-state index < -0.39 is 5.82 Å². The van der Waals surface area contributed by atoms with E-state index in [0.29, 0.717) is 10.2 Å². The molecule has 1 aromatic rings. The van der Waals surface area contributed by atoms with Crippen molar-refractivity contribution in [3.05, 3.63) is 28.0 Å². The van der Waals surface area contributed by atoms with Gasteiger partial charge in [-0.15, -0.1) is 0 Å². The van der Waals surface area contributed by atoms with Crippen molar-refractivity contribution in [1.29, 1.82) is 0 Å². The molecule has 0 saturated carbocycles. The molecule has 66 valence electrons. The van der Waals surface area contributed by atoms with Gasteiger partial charge in [0.2, 0.25) is 0 Å². The summed E-state index contributed by atoms with van der Waals surface area (Å²) in [4.78, 5) is 11.2. The number of hydrogen-bond donors (Lipinski definition) is 0. The Hall–Kier alpha value is -1.10. The van der Waals surface area contributed by atoms with Gasteiger partial charge in [0.05, 0.1) is 5.56 Å². The van der Waals surface area contributed by atoms with Crippen LogP contribution in [-0.4, -0.2) is 12.3 Å². The van der Waals surface area contributed by atoms with Crippen LogP contribution >= 0.6 is 15.9 Å². The number of hydrogen-bond acceptors (Lipinski definition) is 3. The molecule has 0 aromatic heterocycles. The fourth-order valence-corrected chi connectivity index (χ4v) is 1.59. The van der Waals surface area contributed by atoms with Crippen LogP contribution in [0.4, 0.5) is 10.1 Å². The number of carbonyl (C=O) groups is 1. The molecule has 3 nitrogen and oxygen atoms in total. The van der Waals surface area contributed by atoms with Crippen molar-refractivity contribution in [1.82, 2.24) is 0 Å².